The van der Waals surface area contributed by atoms with Gasteiger partial charge in [-0.15, -0.1) is 10.2 Å². The molecule has 0 aliphatic carbocycles. The van der Waals surface area contributed by atoms with Crippen molar-refractivity contribution < 1.29 is 17.7 Å². The number of halogens is 2. The Bertz CT molecular complexity index is 1330. The lowest BCUT2D eigenvalue weighted by Crippen LogP contribution is -1.86. The quantitative estimate of drug-likeness (QED) is 0.417. The maximum Gasteiger partial charge on any atom is 0.314 e. The van der Waals surface area contributed by atoms with E-state index in [0.717, 1.165) is 27.0 Å². The molecule has 0 aliphatic heterocycles. The standard InChI is InChI=1S/C20H13F2N5O2S/c21-17(22)19-26-25-18(28-19)11-3-1-10(2-4-11)7-13-9-15(27-29-13)12-5-6-14-16(8-12)30-20(23)24-14/h1-6,8-9,17H,7H2,(H2,23,24). The molecular weight excluding hydrogens is 412 g/mol. The van der Waals surface area contributed by atoms with Crippen molar-refractivity contribution in [2.75, 3.05) is 5.73 Å². The molecule has 3 aromatic heterocycles. The Balaban J connectivity index is 1.33. The number of alkyl halides is 2. The summed E-state index contributed by atoms with van der Waals surface area (Å²) < 4.78 is 36.6. The minimum absolute atomic E-state index is 0.0536. The van der Waals surface area contributed by atoms with Crippen LogP contribution in [0.2, 0.25) is 0 Å². The van der Waals surface area contributed by atoms with Gasteiger partial charge in [-0.1, -0.05) is 34.7 Å². The van der Waals surface area contributed by atoms with Gasteiger partial charge in [-0.2, -0.15) is 8.78 Å². The molecule has 0 bridgehead atoms. The molecule has 0 radical (unpaired) electrons. The molecule has 2 N–H and O–H groups in total. The van der Waals surface area contributed by atoms with E-state index in [-0.39, 0.29) is 5.89 Å². The summed E-state index contributed by atoms with van der Waals surface area (Å²) in [7, 11) is 0. The fraction of sp³-hybridized carbons (Fsp3) is 0.100. The van der Waals surface area contributed by atoms with Crippen LogP contribution in [0.25, 0.3) is 32.9 Å². The Labute approximate surface area is 172 Å². The van der Waals surface area contributed by atoms with Crippen molar-refractivity contribution in [3.8, 4) is 22.7 Å². The SMILES string of the molecule is Nc1nc2ccc(-c3cc(Cc4ccc(-c5nnc(C(F)F)o5)cc4)on3)cc2s1. The third kappa shape index (κ3) is 3.52. The number of nitrogens with two attached hydrogens (primary N) is 1. The molecule has 30 heavy (non-hydrogen) atoms. The number of hydrogen-bond donors (Lipinski definition) is 1. The van der Waals surface area contributed by atoms with E-state index < -0.39 is 12.3 Å². The van der Waals surface area contributed by atoms with Gasteiger partial charge in [-0.05, 0) is 29.8 Å². The smallest absolute Gasteiger partial charge is 0.314 e. The van der Waals surface area contributed by atoms with E-state index in [1.807, 2.05) is 36.4 Å². The second-order valence-corrected chi connectivity index (χ2v) is 7.60. The zero-order valence-corrected chi connectivity index (χ0v) is 16.1. The van der Waals surface area contributed by atoms with Crippen molar-refractivity contribution in [1.82, 2.24) is 20.3 Å². The first-order valence-electron chi connectivity index (χ1n) is 8.88. The number of thiazole rings is 1. The van der Waals surface area contributed by atoms with Crippen LogP contribution in [0.5, 0.6) is 0 Å². The lowest BCUT2D eigenvalue weighted by atomic mass is 10.1. The second-order valence-electron chi connectivity index (χ2n) is 6.53. The summed E-state index contributed by atoms with van der Waals surface area (Å²) in [6.07, 6.45) is -2.27. The van der Waals surface area contributed by atoms with Crippen LogP contribution in [-0.2, 0) is 6.42 Å². The highest BCUT2D eigenvalue weighted by atomic mass is 32.1. The van der Waals surface area contributed by atoms with E-state index in [9.17, 15) is 8.78 Å². The van der Waals surface area contributed by atoms with Gasteiger partial charge in [0.15, 0.2) is 5.13 Å². The largest absolute Gasteiger partial charge is 0.415 e. The molecule has 0 fully saturated rings. The molecule has 150 valence electrons. The number of fused-ring (bicyclic) bond motifs is 1. The van der Waals surface area contributed by atoms with Crippen LogP contribution in [0.1, 0.15) is 23.6 Å². The zero-order valence-electron chi connectivity index (χ0n) is 15.3. The maximum absolute atomic E-state index is 12.6. The summed E-state index contributed by atoms with van der Waals surface area (Å²) in [4.78, 5) is 4.25. The predicted octanol–water partition coefficient (Wildman–Crippen LogP) is 5.11. The van der Waals surface area contributed by atoms with Gasteiger partial charge in [0.2, 0.25) is 5.89 Å². The van der Waals surface area contributed by atoms with Gasteiger partial charge in [0, 0.05) is 23.6 Å². The van der Waals surface area contributed by atoms with Crippen LogP contribution in [0.3, 0.4) is 0 Å². The molecule has 10 heteroatoms. The highest BCUT2D eigenvalue weighted by Gasteiger charge is 2.17. The lowest BCUT2D eigenvalue weighted by Gasteiger charge is -1.99. The Morgan fingerprint density at radius 2 is 1.80 bits per heavy atom. The Hall–Kier alpha value is -3.66. The Morgan fingerprint density at radius 3 is 2.57 bits per heavy atom. The van der Waals surface area contributed by atoms with Gasteiger partial charge >= 0.3 is 6.43 Å². The number of benzene rings is 2. The second kappa shape index (κ2) is 7.30. The van der Waals surface area contributed by atoms with E-state index in [1.165, 1.54) is 11.3 Å². The molecule has 0 atom stereocenters. The third-order valence-corrected chi connectivity index (χ3v) is 5.31. The van der Waals surface area contributed by atoms with Gasteiger partial charge in [0.25, 0.3) is 5.89 Å². The molecule has 5 aromatic rings. The zero-order chi connectivity index (χ0) is 20.7. The highest BCUT2D eigenvalue weighted by molar-refractivity contribution is 7.22. The third-order valence-electron chi connectivity index (χ3n) is 4.47. The average Bonchev–Trinajstić information content (AvgIpc) is 3.47. The summed E-state index contributed by atoms with van der Waals surface area (Å²) in [6.45, 7) is 0. The molecule has 0 spiro atoms. The van der Waals surface area contributed by atoms with Gasteiger partial charge in [0.05, 0.1) is 10.2 Å². The van der Waals surface area contributed by atoms with Crippen molar-refractivity contribution in [3.63, 3.8) is 0 Å². The minimum atomic E-state index is -2.79. The van der Waals surface area contributed by atoms with Crippen molar-refractivity contribution >= 4 is 26.7 Å². The molecule has 0 saturated heterocycles. The molecular formula is C20H13F2N5O2S. The van der Waals surface area contributed by atoms with E-state index in [2.05, 4.69) is 20.3 Å². The van der Waals surface area contributed by atoms with E-state index >= 15 is 0 Å². The molecule has 0 amide bonds. The first-order chi connectivity index (χ1) is 14.5. The van der Waals surface area contributed by atoms with E-state index in [0.29, 0.717) is 22.9 Å². The number of rotatable bonds is 5. The van der Waals surface area contributed by atoms with Crippen molar-refractivity contribution in [3.05, 3.63) is 65.7 Å². The van der Waals surface area contributed by atoms with Crippen LogP contribution in [0.15, 0.2) is 57.5 Å². The number of nitrogens with zero attached hydrogens (tertiary/aromatic N) is 4. The molecule has 3 heterocycles. The normalized spacial score (nSPS) is 11.6. The minimum Gasteiger partial charge on any atom is -0.415 e. The van der Waals surface area contributed by atoms with Gasteiger partial charge < -0.3 is 14.7 Å². The topological polar surface area (TPSA) is 104 Å². The summed E-state index contributed by atoms with van der Waals surface area (Å²) in [6, 6.07) is 14.8. The van der Waals surface area contributed by atoms with Crippen molar-refractivity contribution in [1.29, 1.82) is 0 Å². The van der Waals surface area contributed by atoms with Crippen LogP contribution in [0.4, 0.5) is 13.9 Å². The molecule has 7 nitrogen and oxygen atoms in total. The van der Waals surface area contributed by atoms with Gasteiger partial charge in [-0.3, -0.25) is 0 Å². The van der Waals surface area contributed by atoms with E-state index in [1.54, 1.807) is 12.1 Å². The van der Waals surface area contributed by atoms with Crippen molar-refractivity contribution in [2.45, 2.75) is 12.8 Å². The van der Waals surface area contributed by atoms with E-state index in [4.69, 9.17) is 14.7 Å². The summed E-state index contributed by atoms with van der Waals surface area (Å²) in [5.74, 6) is 0.0554. The highest BCUT2D eigenvalue weighted by Crippen LogP contribution is 2.29. The summed E-state index contributed by atoms with van der Waals surface area (Å²) >= 11 is 1.42. The molecule has 0 aliphatic rings. The summed E-state index contributed by atoms with van der Waals surface area (Å²) in [5.41, 5.74) is 9.78. The van der Waals surface area contributed by atoms with Gasteiger partial charge in [0.1, 0.15) is 11.5 Å². The number of nitrogen functional groups attached to an aromatic ring is 1. The fourth-order valence-electron chi connectivity index (χ4n) is 3.04. The monoisotopic (exact) mass is 425 g/mol. The van der Waals surface area contributed by atoms with Crippen LogP contribution in [-0.4, -0.2) is 20.3 Å². The Morgan fingerprint density at radius 1 is 1.00 bits per heavy atom. The van der Waals surface area contributed by atoms with Crippen LogP contribution < -0.4 is 5.73 Å². The molecule has 0 unspecified atom stereocenters. The molecule has 2 aromatic carbocycles. The summed E-state index contributed by atoms with van der Waals surface area (Å²) in [5, 5.41) is 11.7. The first-order valence-corrected chi connectivity index (χ1v) is 9.70. The predicted molar refractivity (Wildman–Crippen MR) is 107 cm³/mol. The average molecular weight is 425 g/mol. The molecule has 0 saturated carbocycles. The number of aromatic nitrogens is 4. The van der Waals surface area contributed by atoms with Crippen LogP contribution >= 0.6 is 11.3 Å². The lowest BCUT2D eigenvalue weighted by molar-refractivity contribution is 0.116. The van der Waals surface area contributed by atoms with Gasteiger partial charge in [-0.25, -0.2) is 4.98 Å². The first kappa shape index (κ1) is 18.4. The van der Waals surface area contributed by atoms with Crippen molar-refractivity contribution in [2.24, 2.45) is 0 Å². The fourth-order valence-corrected chi connectivity index (χ4v) is 3.81. The number of hydrogen-bond acceptors (Lipinski definition) is 8. The van der Waals surface area contributed by atoms with Crippen LogP contribution in [0, 0.1) is 0 Å². The number of anilines is 1. The molecule has 5 rings (SSSR count). The maximum atomic E-state index is 12.6. The Kier molecular flexibility index (Phi) is 4.47.